The minimum atomic E-state index is -0.183. The minimum absolute atomic E-state index is 0.0671. The van der Waals surface area contributed by atoms with Crippen LogP contribution in [0.1, 0.15) is 71.7 Å². The van der Waals surface area contributed by atoms with E-state index in [2.05, 4.69) is 50.1 Å². The van der Waals surface area contributed by atoms with Crippen molar-refractivity contribution in [1.29, 1.82) is 0 Å². The van der Waals surface area contributed by atoms with Crippen LogP contribution in [0.3, 0.4) is 0 Å². The maximum absolute atomic E-state index is 12.4. The number of hydrogen-bond donors (Lipinski definition) is 1. The average molecular weight is 353 g/mol. The lowest BCUT2D eigenvalue weighted by Gasteiger charge is -2.39. The van der Waals surface area contributed by atoms with E-state index in [1.165, 1.54) is 17.8 Å². The predicted octanol–water partition coefficient (Wildman–Crippen LogP) is 3.34. The summed E-state index contributed by atoms with van der Waals surface area (Å²) in [4.78, 5) is 26.5. The highest BCUT2D eigenvalue weighted by Gasteiger charge is 2.29. The summed E-state index contributed by atoms with van der Waals surface area (Å²) in [6, 6.07) is 0.531. The van der Waals surface area contributed by atoms with Gasteiger partial charge in [-0.2, -0.15) is 0 Å². The van der Waals surface area contributed by atoms with Crippen molar-refractivity contribution in [2.75, 3.05) is 5.32 Å². The SMILES string of the molecule is C[C@@H]1CCC[C@H](C)N1C(=O)CCC(=O)Nc1nnc(C(C)(C)C)s1. The third kappa shape index (κ3) is 4.75. The van der Waals surface area contributed by atoms with Crippen LogP contribution in [0.2, 0.25) is 0 Å². The Morgan fingerprint density at radius 1 is 1.17 bits per heavy atom. The van der Waals surface area contributed by atoms with Gasteiger partial charge in [-0.05, 0) is 33.1 Å². The van der Waals surface area contributed by atoms with Crippen molar-refractivity contribution in [3.8, 4) is 0 Å². The normalized spacial score (nSPS) is 21.6. The second-order valence-electron chi connectivity index (χ2n) is 7.64. The number of nitrogens with one attached hydrogen (secondary N) is 1. The molecule has 1 aromatic heterocycles. The summed E-state index contributed by atoms with van der Waals surface area (Å²) in [6.07, 6.45) is 3.68. The molecule has 2 rings (SSSR count). The summed E-state index contributed by atoms with van der Waals surface area (Å²) in [6.45, 7) is 10.3. The molecule has 0 aromatic carbocycles. The second kappa shape index (κ2) is 7.59. The number of piperidine rings is 1. The van der Waals surface area contributed by atoms with Gasteiger partial charge < -0.3 is 10.2 Å². The minimum Gasteiger partial charge on any atom is -0.337 e. The molecule has 0 radical (unpaired) electrons. The molecule has 7 heteroatoms. The molecule has 6 nitrogen and oxygen atoms in total. The van der Waals surface area contributed by atoms with E-state index < -0.39 is 0 Å². The highest BCUT2D eigenvalue weighted by molar-refractivity contribution is 7.15. The first kappa shape index (κ1) is 18.8. The van der Waals surface area contributed by atoms with Gasteiger partial charge in [0, 0.05) is 30.3 Å². The number of carbonyl (C=O) groups excluding carboxylic acids is 2. The molecule has 24 heavy (non-hydrogen) atoms. The van der Waals surface area contributed by atoms with Gasteiger partial charge in [-0.1, -0.05) is 32.1 Å². The van der Waals surface area contributed by atoms with Gasteiger partial charge in [0.05, 0.1) is 0 Å². The van der Waals surface area contributed by atoms with Crippen LogP contribution >= 0.6 is 11.3 Å². The maximum atomic E-state index is 12.4. The number of amides is 2. The van der Waals surface area contributed by atoms with Crippen molar-refractivity contribution in [1.82, 2.24) is 15.1 Å². The van der Waals surface area contributed by atoms with Gasteiger partial charge in [0.2, 0.25) is 16.9 Å². The number of anilines is 1. The number of rotatable bonds is 4. The Morgan fingerprint density at radius 3 is 2.33 bits per heavy atom. The zero-order chi connectivity index (χ0) is 17.9. The number of hydrogen-bond acceptors (Lipinski definition) is 5. The molecule has 2 amide bonds. The fourth-order valence-corrected chi connectivity index (χ4v) is 3.84. The van der Waals surface area contributed by atoms with Crippen molar-refractivity contribution in [2.24, 2.45) is 0 Å². The molecule has 0 aliphatic carbocycles. The van der Waals surface area contributed by atoms with Crippen LogP contribution in [0.15, 0.2) is 0 Å². The number of carbonyl (C=O) groups is 2. The van der Waals surface area contributed by atoms with E-state index >= 15 is 0 Å². The van der Waals surface area contributed by atoms with E-state index in [1.807, 2.05) is 4.90 Å². The lowest BCUT2D eigenvalue weighted by molar-refractivity contribution is -0.138. The second-order valence-corrected chi connectivity index (χ2v) is 8.62. The van der Waals surface area contributed by atoms with Crippen LogP contribution < -0.4 is 5.32 Å². The van der Waals surface area contributed by atoms with Crippen LogP contribution in [-0.2, 0) is 15.0 Å². The molecule has 0 saturated carbocycles. The van der Waals surface area contributed by atoms with Crippen LogP contribution in [0.4, 0.5) is 5.13 Å². The summed E-state index contributed by atoms with van der Waals surface area (Å²) in [5.41, 5.74) is -0.0862. The molecule has 1 aliphatic rings. The standard InChI is InChI=1S/C17H28N4O2S/c1-11-7-6-8-12(2)21(11)14(23)10-9-13(22)18-16-20-19-15(24-16)17(3,4)5/h11-12H,6-10H2,1-5H3,(H,18,20,22)/t11-,12+. The van der Waals surface area contributed by atoms with Crippen molar-refractivity contribution in [3.63, 3.8) is 0 Å². The van der Waals surface area contributed by atoms with Crippen molar-refractivity contribution in [2.45, 2.75) is 84.2 Å². The molecular formula is C17H28N4O2S. The first-order valence-electron chi connectivity index (χ1n) is 8.63. The number of likely N-dealkylation sites (tertiary alicyclic amines) is 1. The molecule has 1 aliphatic heterocycles. The molecule has 2 heterocycles. The molecule has 1 aromatic rings. The summed E-state index contributed by atoms with van der Waals surface area (Å²) < 4.78 is 0. The monoisotopic (exact) mass is 352 g/mol. The van der Waals surface area contributed by atoms with Crippen molar-refractivity contribution < 1.29 is 9.59 Å². The highest BCUT2D eigenvalue weighted by Crippen LogP contribution is 2.28. The Labute approximate surface area is 148 Å². The summed E-state index contributed by atoms with van der Waals surface area (Å²) in [7, 11) is 0. The first-order valence-corrected chi connectivity index (χ1v) is 9.45. The van der Waals surface area contributed by atoms with E-state index in [0.29, 0.717) is 5.13 Å². The lowest BCUT2D eigenvalue weighted by Crippen LogP contribution is -2.47. The van der Waals surface area contributed by atoms with Crippen LogP contribution in [0, 0.1) is 0 Å². The fraction of sp³-hybridized carbons (Fsp3) is 0.765. The molecule has 0 unspecified atom stereocenters. The molecule has 134 valence electrons. The third-order valence-electron chi connectivity index (χ3n) is 4.36. The molecule has 0 bridgehead atoms. The molecule has 1 saturated heterocycles. The lowest BCUT2D eigenvalue weighted by atomic mass is 9.97. The number of aromatic nitrogens is 2. The average Bonchev–Trinajstić information content (AvgIpc) is 2.93. The van der Waals surface area contributed by atoms with Gasteiger partial charge in [-0.15, -0.1) is 10.2 Å². The van der Waals surface area contributed by atoms with Crippen LogP contribution in [-0.4, -0.2) is 39.0 Å². The Bertz CT molecular complexity index is 584. The summed E-state index contributed by atoms with van der Waals surface area (Å²) >= 11 is 1.38. The first-order chi connectivity index (χ1) is 11.2. The van der Waals surface area contributed by atoms with Crippen molar-refractivity contribution in [3.05, 3.63) is 5.01 Å². The van der Waals surface area contributed by atoms with Gasteiger partial charge in [0.25, 0.3) is 0 Å². The number of nitrogens with zero attached hydrogens (tertiary/aromatic N) is 3. The summed E-state index contributed by atoms with van der Waals surface area (Å²) in [5, 5.41) is 12.2. The van der Waals surface area contributed by atoms with Gasteiger partial charge in [-0.25, -0.2) is 0 Å². The zero-order valence-electron chi connectivity index (χ0n) is 15.3. The predicted molar refractivity (Wildman–Crippen MR) is 96.1 cm³/mol. The van der Waals surface area contributed by atoms with Crippen LogP contribution in [0.5, 0.6) is 0 Å². The molecule has 1 fully saturated rings. The van der Waals surface area contributed by atoms with Crippen molar-refractivity contribution >= 4 is 28.3 Å². The van der Waals surface area contributed by atoms with Crippen LogP contribution in [0.25, 0.3) is 0 Å². The molecule has 1 N–H and O–H groups in total. The Morgan fingerprint density at radius 2 is 1.79 bits per heavy atom. The zero-order valence-corrected chi connectivity index (χ0v) is 16.1. The highest BCUT2D eigenvalue weighted by atomic mass is 32.1. The Hall–Kier alpha value is -1.50. The Kier molecular flexibility index (Phi) is 5.96. The Balaban J connectivity index is 1.84. The van der Waals surface area contributed by atoms with Gasteiger partial charge >= 0.3 is 0 Å². The van der Waals surface area contributed by atoms with E-state index in [9.17, 15) is 9.59 Å². The van der Waals surface area contributed by atoms with Gasteiger partial charge in [-0.3, -0.25) is 9.59 Å². The van der Waals surface area contributed by atoms with E-state index in [0.717, 1.165) is 17.8 Å². The topological polar surface area (TPSA) is 75.2 Å². The van der Waals surface area contributed by atoms with Gasteiger partial charge in [0.1, 0.15) is 5.01 Å². The third-order valence-corrected chi connectivity index (χ3v) is 5.62. The van der Waals surface area contributed by atoms with E-state index in [1.54, 1.807) is 0 Å². The van der Waals surface area contributed by atoms with Gasteiger partial charge in [0.15, 0.2) is 0 Å². The molecule has 2 atom stereocenters. The van der Waals surface area contributed by atoms with E-state index in [-0.39, 0.29) is 42.2 Å². The molecule has 0 spiro atoms. The fourth-order valence-electron chi connectivity index (χ4n) is 3.02. The largest absolute Gasteiger partial charge is 0.337 e. The maximum Gasteiger partial charge on any atom is 0.226 e. The van der Waals surface area contributed by atoms with E-state index in [4.69, 9.17) is 0 Å². The smallest absolute Gasteiger partial charge is 0.226 e. The summed E-state index contributed by atoms with van der Waals surface area (Å²) in [5.74, 6) is -0.116. The quantitative estimate of drug-likeness (QED) is 0.902. The molecular weight excluding hydrogens is 324 g/mol.